The van der Waals surface area contributed by atoms with E-state index in [0.29, 0.717) is 5.65 Å². The van der Waals surface area contributed by atoms with Gasteiger partial charge in [0.05, 0.1) is 6.20 Å². The average Bonchev–Trinajstić information content (AvgIpc) is 2.36. The number of H-pyrrole nitrogens is 1. The minimum absolute atomic E-state index is 0.177. The fraction of sp³-hybridized carbons (Fsp3) is 0. The molecule has 0 fully saturated rings. The Labute approximate surface area is 66.8 Å². The molecule has 0 saturated heterocycles. The number of aromatic nitrogens is 3. The van der Waals surface area contributed by atoms with E-state index in [1.54, 1.807) is 12.3 Å². The highest BCUT2D eigenvalue weighted by molar-refractivity contribution is 6.32. The van der Waals surface area contributed by atoms with Crippen LogP contribution in [-0.2, 0) is 0 Å². The molecule has 2 heterocycles. The molecule has 56 valence electrons. The molecule has 2 N–H and O–H groups in total. The highest BCUT2D eigenvalue weighted by atomic mass is 35.5. The monoisotopic (exact) mass is 169 g/mol. The van der Waals surface area contributed by atoms with Gasteiger partial charge in [-0.15, -0.1) is 0 Å². The van der Waals surface area contributed by atoms with Gasteiger partial charge in [0.15, 0.2) is 5.65 Å². The molecule has 0 unspecified atom stereocenters. The first-order chi connectivity index (χ1) is 5.27. The standard InChI is InChI=1S/C6H4ClN3O/c7-4-1-3-2-8-10-5(3)9-6(4)11/h1-2H,(H2,8,9,10,11). The Morgan fingerprint density at radius 3 is 3.18 bits per heavy atom. The zero-order chi connectivity index (χ0) is 7.84. The van der Waals surface area contributed by atoms with Crippen LogP contribution in [0.2, 0.25) is 5.02 Å². The lowest BCUT2D eigenvalue weighted by atomic mass is 10.3. The molecule has 0 aromatic carbocycles. The van der Waals surface area contributed by atoms with Crippen LogP contribution in [0.4, 0.5) is 0 Å². The molecule has 0 aliphatic heterocycles. The summed E-state index contributed by atoms with van der Waals surface area (Å²) in [5.41, 5.74) is 0.534. The summed E-state index contributed by atoms with van der Waals surface area (Å²) in [7, 11) is 0. The lowest BCUT2D eigenvalue weighted by Gasteiger charge is -1.92. The van der Waals surface area contributed by atoms with Crippen molar-refractivity contribution in [2.75, 3.05) is 0 Å². The zero-order valence-corrected chi connectivity index (χ0v) is 6.13. The van der Waals surface area contributed by atoms with Crippen LogP contribution in [0.25, 0.3) is 11.0 Å². The van der Waals surface area contributed by atoms with Crippen LogP contribution in [0.3, 0.4) is 0 Å². The molecule has 2 aromatic heterocycles. The van der Waals surface area contributed by atoms with Gasteiger partial charge in [0.1, 0.15) is 5.02 Å². The maximum Gasteiger partial charge on any atom is 0.232 e. The molecule has 0 spiro atoms. The maximum absolute atomic E-state index is 9.04. The highest BCUT2D eigenvalue weighted by Gasteiger charge is 2.03. The van der Waals surface area contributed by atoms with E-state index in [1.165, 1.54) is 0 Å². The highest BCUT2D eigenvalue weighted by Crippen LogP contribution is 2.23. The molecule has 11 heavy (non-hydrogen) atoms. The Balaban J connectivity index is 2.86. The molecule has 0 amide bonds. The Kier molecular flexibility index (Phi) is 1.22. The largest absolute Gasteiger partial charge is 0.492 e. The van der Waals surface area contributed by atoms with Gasteiger partial charge >= 0.3 is 0 Å². The number of aromatic hydroxyl groups is 1. The number of halogens is 1. The van der Waals surface area contributed by atoms with Gasteiger partial charge in [-0.3, -0.25) is 5.10 Å². The van der Waals surface area contributed by atoms with Crippen LogP contribution in [0.1, 0.15) is 0 Å². The number of hydrogen-bond donors (Lipinski definition) is 2. The van der Waals surface area contributed by atoms with Crippen LogP contribution < -0.4 is 0 Å². The number of pyridine rings is 1. The summed E-state index contributed by atoms with van der Waals surface area (Å²) in [6.07, 6.45) is 1.59. The van der Waals surface area contributed by atoms with Gasteiger partial charge in [-0.1, -0.05) is 11.6 Å². The Bertz CT molecular complexity index is 362. The third-order valence-corrected chi connectivity index (χ3v) is 1.64. The van der Waals surface area contributed by atoms with Crippen molar-refractivity contribution in [1.29, 1.82) is 0 Å². The van der Waals surface area contributed by atoms with Gasteiger partial charge in [0.25, 0.3) is 0 Å². The predicted molar refractivity (Wildman–Crippen MR) is 40.6 cm³/mol. The van der Waals surface area contributed by atoms with Gasteiger partial charge in [0.2, 0.25) is 5.88 Å². The first-order valence-electron chi connectivity index (χ1n) is 2.96. The van der Waals surface area contributed by atoms with Gasteiger partial charge in [0, 0.05) is 5.39 Å². The third-order valence-electron chi connectivity index (χ3n) is 1.36. The number of nitrogens with one attached hydrogen (secondary N) is 1. The van der Waals surface area contributed by atoms with Gasteiger partial charge in [-0.25, -0.2) is 0 Å². The number of nitrogens with zero attached hydrogens (tertiary/aromatic N) is 2. The summed E-state index contributed by atoms with van der Waals surface area (Å²) < 4.78 is 0. The van der Waals surface area contributed by atoms with Gasteiger partial charge in [-0.05, 0) is 6.07 Å². The van der Waals surface area contributed by atoms with Crippen molar-refractivity contribution in [3.05, 3.63) is 17.3 Å². The molecule has 0 radical (unpaired) electrons. The minimum atomic E-state index is -0.177. The van der Waals surface area contributed by atoms with Crippen LogP contribution in [-0.4, -0.2) is 20.3 Å². The quantitative estimate of drug-likeness (QED) is 0.625. The topological polar surface area (TPSA) is 61.8 Å². The number of aromatic amines is 1. The molecule has 5 heteroatoms. The summed E-state index contributed by atoms with van der Waals surface area (Å²) in [4.78, 5) is 3.74. The second kappa shape index (κ2) is 2.10. The van der Waals surface area contributed by atoms with Crippen molar-refractivity contribution >= 4 is 22.6 Å². The summed E-state index contributed by atoms with van der Waals surface area (Å²) in [6.45, 7) is 0. The first-order valence-corrected chi connectivity index (χ1v) is 3.34. The second-order valence-corrected chi connectivity index (χ2v) is 2.51. The maximum atomic E-state index is 9.04. The average molecular weight is 170 g/mol. The molecule has 0 aliphatic carbocycles. The smallest absolute Gasteiger partial charge is 0.232 e. The fourth-order valence-electron chi connectivity index (χ4n) is 0.844. The first kappa shape index (κ1) is 6.42. The lowest BCUT2D eigenvalue weighted by molar-refractivity contribution is 0.456. The predicted octanol–water partition coefficient (Wildman–Crippen LogP) is 1.32. The second-order valence-electron chi connectivity index (χ2n) is 2.10. The van der Waals surface area contributed by atoms with E-state index < -0.39 is 0 Å². The molecular formula is C6H4ClN3O. The molecule has 0 bridgehead atoms. The van der Waals surface area contributed by atoms with Crippen molar-refractivity contribution in [3.63, 3.8) is 0 Å². The minimum Gasteiger partial charge on any atom is -0.492 e. The molecule has 0 aliphatic rings. The van der Waals surface area contributed by atoms with E-state index in [-0.39, 0.29) is 10.9 Å². The summed E-state index contributed by atoms with van der Waals surface area (Å²) >= 11 is 5.59. The lowest BCUT2D eigenvalue weighted by Crippen LogP contribution is -1.77. The summed E-state index contributed by atoms with van der Waals surface area (Å²) in [5, 5.41) is 16.4. The molecule has 0 saturated carbocycles. The van der Waals surface area contributed by atoms with Crippen LogP contribution in [0.5, 0.6) is 5.88 Å². The van der Waals surface area contributed by atoms with Crippen molar-refractivity contribution in [1.82, 2.24) is 15.2 Å². The van der Waals surface area contributed by atoms with E-state index in [2.05, 4.69) is 15.2 Å². The zero-order valence-electron chi connectivity index (χ0n) is 5.37. The van der Waals surface area contributed by atoms with E-state index in [0.717, 1.165) is 5.39 Å². The molecule has 0 atom stereocenters. The SMILES string of the molecule is Oc1nc2[nH]ncc2cc1Cl. The molecule has 2 aromatic rings. The van der Waals surface area contributed by atoms with E-state index in [9.17, 15) is 0 Å². The van der Waals surface area contributed by atoms with Crippen molar-refractivity contribution in [2.45, 2.75) is 0 Å². The Morgan fingerprint density at radius 1 is 1.55 bits per heavy atom. The van der Waals surface area contributed by atoms with E-state index >= 15 is 0 Å². The van der Waals surface area contributed by atoms with Crippen LogP contribution in [0, 0.1) is 0 Å². The number of rotatable bonds is 0. The third kappa shape index (κ3) is 0.914. The van der Waals surface area contributed by atoms with Crippen LogP contribution >= 0.6 is 11.6 Å². The van der Waals surface area contributed by atoms with Gasteiger partial charge in [-0.2, -0.15) is 10.1 Å². The Hall–Kier alpha value is -1.29. The molecule has 2 rings (SSSR count). The number of fused-ring (bicyclic) bond motifs is 1. The van der Waals surface area contributed by atoms with Crippen LogP contribution in [0.15, 0.2) is 12.3 Å². The summed E-state index contributed by atoms with van der Waals surface area (Å²) in [5.74, 6) is -0.177. The van der Waals surface area contributed by atoms with E-state index in [1.807, 2.05) is 0 Å². The fourth-order valence-corrected chi connectivity index (χ4v) is 1.00. The van der Waals surface area contributed by atoms with Gasteiger partial charge < -0.3 is 5.11 Å². The molecule has 4 nitrogen and oxygen atoms in total. The van der Waals surface area contributed by atoms with Crippen molar-refractivity contribution in [2.24, 2.45) is 0 Å². The Morgan fingerprint density at radius 2 is 2.36 bits per heavy atom. The van der Waals surface area contributed by atoms with Crippen molar-refractivity contribution in [3.8, 4) is 5.88 Å². The number of hydrogen-bond acceptors (Lipinski definition) is 3. The van der Waals surface area contributed by atoms with E-state index in [4.69, 9.17) is 16.7 Å². The molecular weight excluding hydrogens is 166 g/mol. The summed E-state index contributed by atoms with van der Waals surface area (Å²) in [6, 6.07) is 1.60. The normalized spacial score (nSPS) is 10.6. The van der Waals surface area contributed by atoms with Crippen molar-refractivity contribution < 1.29 is 5.11 Å².